The first kappa shape index (κ1) is 15.4. The van der Waals surface area contributed by atoms with E-state index >= 15 is 0 Å². The Bertz CT molecular complexity index is 657. The molecule has 0 aliphatic rings. The summed E-state index contributed by atoms with van der Waals surface area (Å²) in [5.41, 5.74) is 3.36. The van der Waals surface area contributed by atoms with Crippen molar-refractivity contribution in [3.63, 3.8) is 0 Å². The van der Waals surface area contributed by atoms with E-state index in [1.807, 2.05) is 6.92 Å². The number of aromatic nitrogens is 3. The van der Waals surface area contributed by atoms with Crippen LogP contribution in [0.5, 0.6) is 17.2 Å². The summed E-state index contributed by atoms with van der Waals surface area (Å²) in [4.78, 5) is 0. The van der Waals surface area contributed by atoms with E-state index in [9.17, 15) is 5.11 Å². The van der Waals surface area contributed by atoms with Crippen molar-refractivity contribution in [1.82, 2.24) is 14.9 Å². The summed E-state index contributed by atoms with van der Waals surface area (Å²) < 4.78 is 11.5. The number of hydrogen-bond donors (Lipinski definition) is 3. The van der Waals surface area contributed by atoms with E-state index in [0.717, 1.165) is 0 Å². The Balaban J connectivity index is 2.17. The number of nitrogen functional groups attached to an aromatic ring is 1. The van der Waals surface area contributed by atoms with E-state index in [2.05, 4.69) is 20.7 Å². The number of aromatic hydroxyl groups is 1. The van der Waals surface area contributed by atoms with Gasteiger partial charge in [-0.2, -0.15) is 5.10 Å². The third-order valence-electron chi connectivity index (χ3n) is 2.96. The molecular formula is C13H18N6O3. The maximum Gasteiger partial charge on any atom is 0.263 e. The van der Waals surface area contributed by atoms with Gasteiger partial charge in [-0.3, -0.25) is 0 Å². The van der Waals surface area contributed by atoms with Gasteiger partial charge in [-0.15, -0.1) is 10.2 Å². The average Bonchev–Trinajstić information content (AvgIpc) is 2.89. The second-order valence-corrected chi connectivity index (χ2v) is 4.31. The fraction of sp³-hybridized carbons (Fsp3) is 0.308. The maximum atomic E-state index is 9.83. The zero-order chi connectivity index (χ0) is 16.1. The van der Waals surface area contributed by atoms with Crippen LogP contribution in [0, 0.1) is 0 Å². The highest BCUT2D eigenvalue weighted by atomic mass is 16.5. The maximum absolute atomic E-state index is 9.83. The molecule has 0 aliphatic heterocycles. The highest BCUT2D eigenvalue weighted by Gasteiger charge is 2.10. The molecule has 1 aromatic heterocycles. The van der Waals surface area contributed by atoms with E-state index in [4.69, 9.17) is 15.3 Å². The second kappa shape index (κ2) is 6.66. The van der Waals surface area contributed by atoms with Crippen molar-refractivity contribution in [3.8, 4) is 17.2 Å². The normalized spacial score (nSPS) is 10.9. The standard InChI is InChI=1S/C13H18N6O3/c1-4-11-16-18-13(19(11)14)17-15-7-8-5-9(21-2)12(20)10(6-8)22-3/h5-7,20H,4,14H2,1-3H3,(H,17,18)/b15-7-. The van der Waals surface area contributed by atoms with Crippen LogP contribution in [0.15, 0.2) is 17.2 Å². The zero-order valence-corrected chi connectivity index (χ0v) is 12.6. The van der Waals surface area contributed by atoms with Gasteiger partial charge in [0, 0.05) is 12.0 Å². The van der Waals surface area contributed by atoms with Crippen LogP contribution in [-0.4, -0.2) is 40.4 Å². The first-order valence-corrected chi connectivity index (χ1v) is 6.54. The summed E-state index contributed by atoms with van der Waals surface area (Å²) in [7, 11) is 2.91. The Hall–Kier alpha value is -2.97. The first-order valence-electron chi connectivity index (χ1n) is 6.54. The van der Waals surface area contributed by atoms with Crippen LogP contribution >= 0.6 is 0 Å². The number of phenolic OH excluding ortho intramolecular Hbond substituents is 1. The van der Waals surface area contributed by atoms with Crippen molar-refractivity contribution >= 4 is 12.2 Å². The molecule has 4 N–H and O–H groups in total. The van der Waals surface area contributed by atoms with Gasteiger partial charge in [0.2, 0.25) is 5.75 Å². The second-order valence-electron chi connectivity index (χ2n) is 4.31. The molecular weight excluding hydrogens is 288 g/mol. The molecule has 1 aromatic carbocycles. The quantitative estimate of drug-likeness (QED) is 0.408. The minimum absolute atomic E-state index is 0.0654. The number of nitrogens with two attached hydrogens (primary N) is 1. The Kier molecular flexibility index (Phi) is 4.66. The monoisotopic (exact) mass is 306 g/mol. The van der Waals surface area contributed by atoms with E-state index in [-0.39, 0.29) is 17.2 Å². The van der Waals surface area contributed by atoms with Gasteiger partial charge in [0.05, 0.1) is 20.4 Å². The Morgan fingerprint density at radius 3 is 2.45 bits per heavy atom. The zero-order valence-electron chi connectivity index (χ0n) is 12.6. The lowest BCUT2D eigenvalue weighted by atomic mass is 10.2. The minimum atomic E-state index is -0.0654. The topological polar surface area (TPSA) is 120 Å². The summed E-state index contributed by atoms with van der Waals surface area (Å²) >= 11 is 0. The number of hydrogen-bond acceptors (Lipinski definition) is 8. The molecule has 1 heterocycles. The number of hydrazone groups is 1. The van der Waals surface area contributed by atoms with Gasteiger partial charge in [0.15, 0.2) is 17.3 Å². The molecule has 9 nitrogen and oxygen atoms in total. The molecule has 0 bridgehead atoms. The Labute approximate surface area is 127 Å². The summed E-state index contributed by atoms with van der Waals surface area (Å²) in [6.45, 7) is 1.93. The molecule has 0 unspecified atom stereocenters. The number of anilines is 1. The number of phenols is 1. The van der Waals surface area contributed by atoms with Crippen LogP contribution in [-0.2, 0) is 6.42 Å². The van der Waals surface area contributed by atoms with Crippen molar-refractivity contribution in [2.75, 3.05) is 25.5 Å². The fourth-order valence-corrected chi connectivity index (χ4v) is 1.79. The third kappa shape index (κ3) is 3.03. The number of ether oxygens (including phenoxy) is 2. The van der Waals surface area contributed by atoms with Crippen LogP contribution in [0.1, 0.15) is 18.3 Å². The summed E-state index contributed by atoms with van der Waals surface area (Å²) in [5, 5.41) is 21.6. The van der Waals surface area contributed by atoms with Gasteiger partial charge in [-0.25, -0.2) is 10.1 Å². The third-order valence-corrected chi connectivity index (χ3v) is 2.96. The highest BCUT2D eigenvalue weighted by molar-refractivity contribution is 5.82. The van der Waals surface area contributed by atoms with Crippen molar-refractivity contribution in [3.05, 3.63) is 23.5 Å². The van der Waals surface area contributed by atoms with E-state index in [0.29, 0.717) is 23.8 Å². The molecule has 118 valence electrons. The van der Waals surface area contributed by atoms with Crippen molar-refractivity contribution in [2.24, 2.45) is 5.10 Å². The van der Waals surface area contributed by atoms with Gasteiger partial charge in [0.25, 0.3) is 5.95 Å². The van der Waals surface area contributed by atoms with Crippen molar-refractivity contribution < 1.29 is 14.6 Å². The van der Waals surface area contributed by atoms with E-state index in [1.54, 1.807) is 12.1 Å². The smallest absolute Gasteiger partial charge is 0.263 e. The fourth-order valence-electron chi connectivity index (χ4n) is 1.79. The summed E-state index contributed by atoms with van der Waals surface area (Å²) in [6.07, 6.45) is 2.19. The molecule has 0 saturated heterocycles. The first-order chi connectivity index (χ1) is 10.6. The SMILES string of the molecule is CCc1nnc(N/N=C\c2cc(OC)c(O)c(OC)c2)n1N. The average molecular weight is 306 g/mol. The lowest BCUT2D eigenvalue weighted by Gasteiger charge is -2.09. The van der Waals surface area contributed by atoms with Gasteiger partial charge in [0.1, 0.15) is 0 Å². The van der Waals surface area contributed by atoms with Gasteiger partial charge >= 0.3 is 0 Å². The van der Waals surface area contributed by atoms with Gasteiger partial charge in [-0.1, -0.05) is 6.92 Å². The number of benzene rings is 1. The van der Waals surface area contributed by atoms with Crippen LogP contribution in [0.3, 0.4) is 0 Å². The molecule has 2 rings (SSSR count). The molecule has 0 aliphatic carbocycles. The molecule has 22 heavy (non-hydrogen) atoms. The number of nitrogens with one attached hydrogen (secondary N) is 1. The van der Waals surface area contributed by atoms with Crippen molar-refractivity contribution in [1.29, 1.82) is 0 Å². The highest BCUT2D eigenvalue weighted by Crippen LogP contribution is 2.36. The predicted octanol–water partition coefficient (Wildman–Crippen LogP) is 0.723. The largest absolute Gasteiger partial charge is 0.502 e. The molecule has 0 fully saturated rings. The Morgan fingerprint density at radius 2 is 1.95 bits per heavy atom. The number of aryl methyl sites for hydroxylation is 1. The van der Waals surface area contributed by atoms with Gasteiger partial charge < -0.3 is 20.4 Å². The van der Waals surface area contributed by atoms with Crippen LogP contribution < -0.4 is 20.7 Å². The van der Waals surface area contributed by atoms with Crippen LogP contribution in [0.4, 0.5) is 5.95 Å². The molecule has 0 radical (unpaired) electrons. The van der Waals surface area contributed by atoms with Crippen LogP contribution in [0.25, 0.3) is 0 Å². The van der Waals surface area contributed by atoms with E-state index < -0.39 is 0 Å². The minimum Gasteiger partial charge on any atom is -0.502 e. The molecule has 0 saturated carbocycles. The summed E-state index contributed by atoms with van der Waals surface area (Å²) in [6, 6.07) is 3.24. The van der Waals surface area contributed by atoms with Crippen LogP contribution in [0.2, 0.25) is 0 Å². The molecule has 0 atom stereocenters. The molecule has 0 spiro atoms. The summed E-state index contributed by atoms with van der Waals surface area (Å²) in [5.74, 6) is 7.27. The lowest BCUT2D eigenvalue weighted by Crippen LogP contribution is -2.14. The lowest BCUT2D eigenvalue weighted by molar-refractivity contribution is 0.340. The molecule has 0 amide bonds. The van der Waals surface area contributed by atoms with Crippen molar-refractivity contribution in [2.45, 2.75) is 13.3 Å². The number of nitrogens with zero attached hydrogens (tertiary/aromatic N) is 4. The Morgan fingerprint density at radius 1 is 1.32 bits per heavy atom. The predicted molar refractivity (Wildman–Crippen MR) is 82.0 cm³/mol. The number of methoxy groups -OCH3 is 2. The molecule has 2 aromatic rings. The number of rotatable bonds is 6. The van der Waals surface area contributed by atoms with Gasteiger partial charge in [-0.05, 0) is 12.1 Å². The van der Waals surface area contributed by atoms with E-state index in [1.165, 1.54) is 25.1 Å². The molecule has 9 heteroatoms.